The maximum absolute atomic E-state index is 12.7. The molecular weight excluding hydrogens is 416 g/mol. The van der Waals surface area contributed by atoms with Gasteiger partial charge >= 0.3 is 0 Å². The summed E-state index contributed by atoms with van der Waals surface area (Å²) in [5.74, 6) is 0.685. The van der Waals surface area contributed by atoms with Crippen LogP contribution in [0.1, 0.15) is 27.3 Å². The molecule has 0 bridgehead atoms. The fourth-order valence-electron chi connectivity index (χ4n) is 2.87. The fraction of sp³-hybridized carbons (Fsp3) is 0.182. The number of thiazole rings is 2. The largest absolute Gasteiger partial charge is 0.494 e. The maximum Gasteiger partial charge on any atom is 0.263 e. The number of aromatic nitrogens is 3. The first-order chi connectivity index (χ1) is 14.6. The van der Waals surface area contributed by atoms with E-state index in [0.29, 0.717) is 18.0 Å². The fourth-order valence-corrected chi connectivity index (χ4v) is 4.61. The number of nitrogens with one attached hydrogen (secondary N) is 1. The number of hydrogen-bond acceptors (Lipinski definition) is 7. The van der Waals surface area contributed by atoms with E-state index >= 15 is 0 Å². The first-order valence-corrected chi connectivity index (χ1v) is 11.2. The van der Waals surface area contributed by atoms with E-state index in [1.54, 1.807) is 12.4 Å². The van der Waals surface area contributed by atoms with Gasteiger partial charge in [-0.1, -0.05) is 0 Å². The molecule has 152 valence electrons. The van der Waals surface area contributed by atoms with Crippen LogP contribution in [-0.4, -0.2) is 27.5 Å². The number of carbonyl (C=O) groups excluding carboxylic acids is 1. The smallest absolute Gasteiger partial charge is 0.263 e. The van der Waals surface area contributed by atoms with Crippen molar-refractivity contribution in [2.75, 3.05) is 6.61 Å². The molecule has 3 aromatic heterocycles. The zero-order valence-electron chi connectivity index (χ0n) is 16.6. The van der Waals surface area contributed by atoms with Crippen molar-refractivity contribution in [2.45, 2.75) is 20.4 Å². The molecular formula is C22H20N4O2S2. The molecule has 0 aliphatic carbocycles. The highest BCUT2D eigenvalue weighted by molar-refractivity contribution is 7.17. The van der Waals surface area contributed by atoms with E-state index in [1.807, 2.05) is 55.6 Å². The predicted molar refractivity (Wildman–Crippen MR) is 120 cm³/mol. The van der Waals surface area contributed by atoms with Crippen molar-refractivity contribution < 1.29 is 9.53 Å². The van der Waals surface area contributed by atoms with Crippen molar-refractivity contribution in [2.24, 2.45) is 0 Å². The molecule has 0 saturated carbocycles. The minimum atomic E-state index is -0.136. The van der Waals surface area contributed by atoms with Crippen molar-refractivity contribution in [1.82, 2.24) is 20.3 Å². The summed E-state index contributed by atoms with van der Waals surface area (Å²) in [5, 5.41) is 6.61. The van der Waals surface area contributed by atoms with Gasteiger partial charge < -0.3 is 10.1 Å². The van der Waals surface area contributed by atoms with Crippen LogP contribution in [0.15, 0.2) is 54.2 Å². The summed E-state index contributed by atoms with van der Waals surface area (Å²) in [6.07, 6.45) is 3.48. The van der Waals surface area contributed by atoms with Crippen LogP contribution in [0.25, 0.3) is 21.8 Å². The molecule has 30 heavy (non-hydrogen) atoms. The average Bonchev–Trinajstić information content (AvgIpc) is 3.40. The van der Waals surface area contributed by atoms with E-state index in [4.69, 9.17) is 4.74 Å². The molecule has 4 rings (SSSR count). The van der Waals surface area contributed by atoms with Crippen LogP contribution >= 0.6 is 22.7 Å². The first kappa shape index (κ1) is 20.2. The standard InChI is InChI=1S/C22H20N4O2S2/c1-3-28-17-6-4-16(5-7-17)22-25-14(2)20(30-22)21(27)24-12-19-26-18(13-29-19)15-8-10-23-11-9-15/h4-11,13H,3,12H2,1-2H3,(H,24,27). The van der Waals surface area contributed by atoms with E-state index in [0.717, 1.165) is 38.3 Å². The monoisotopic (exact) mass is 436 g/mol. The van der Waals surface area contributed by atoms with Gasteiger partial charge in [0.2, 0.25) is 0 Å². The topological polar surface area (TPSA) is 77.0 Å². The molecule has 6 nitrogen and oxygen atoms in total. The lowest BCUT2D eigenvalue weighted by Crippen LogP contribution is -2.22. The second kappa shape index (κ2) is 9.15. The van der Waals surface area contributed by atoms with Gasteiger partial charge in [-0.15, -0.1) is 22.7 Å². The molecule has 0 aliphatic rings. The summed E-state index contributed by atoms with van der Waals surface area (Å²) in [6, 6.07) is 11.6. The number of amides is 1. The van der Waals surface area contributed by atoms with Gasteiger partial charge in [-0.2, -0.15) is 0 Å². The van der Waals surface area contributed by atoms with Crippen LogP contribution in [0.5, 0.6) is 5.75 Å². The number of aryl methyl sites for hydroxylation is 1. The number of ether oxygens (including phenoxy) is 1. The Bertz CT molecular complexity index is 1140. The van der Waals surface area contributed by atoms with E-state index < -0.39 is 0 Å². The van der Waals surface area contributed by atoms with Gasteiger partial charge in [-0.3, -0.25) is 9.78 Å². The van der Waals surface area contributed by atoms with E-state index in [1.165, 1.54) is 22.7 Å². The lowest BCUT2D eigenvalue weighted by atomic mass is 10.2. The van der Waals surface area contributed by atoms with Gasteiger partial charge in [-0.05, 0) is 50.2 Å². The second-order valence-electron chi connectivity index (χ2n) is 6.44. The third kappa shape index (κ3) is 4.55. The molecule has 0 fully saturated rings. The Morgan fingerprint density at radius 2 is 1.83 bits per heavy atom. The Hall–Kier alpha value is -3.10. The summed E-state index contributed by atoms with van der Waals surface area (Å²) >= 11 is 2.91. The quantitative estimate of drug-likeness (QED) is 0.443. The molecule has 1 aromatic carbocycles. The molecule has 0 spiro atoms. The summed E-state index contributed by atoms with van der Waals surface area (Å²) < 4.78 is 5.48. The van der Waals surface area contributed by atoms with Crippen LogP contribution in [-0.2, 0) is 6.54 Å². The molecule has 0 aliphatic heterocycles. The number of hydrogen-bond donors (Lipinski definition) is 1. The Kier molecular flexibility index (Phi) is 6.15. The number of nitrogens with zero attached hydrogens (tertiary/aromatic N) is 3. The molecule has 1 amide bonds. The third-order valence-electron chi connectivity index (χ3n) is 4.34. The van der Waals surface area contributed by atoms with Crippen LogP contribution in [0.3, 0.4) is 0 Å². The third-order valence-corrected chi connectivity index (χ3v) is 6.40. The molecule has 0 unspecified atom stereocenters. The Morgan fingerprint density at radius 3 is 2.57 bits per heavy atom. The molecule has 3 heterocycles. The summed E-state index contributed by atoms with van der Waals surface area (Å²) in [4.78, 5) is 26.5. The van der Waals surface area contributed by atoms with Gasteiger partial charge in [0.15, 0.2) is 0 Å². The van der Waals surface area contributed by atoms with Gasteiger partial charge in [0.1, 0.15) is 20.6 Å². The normalized spacial score (nSPS) is 10.7. The zero-order valence-corrected chi connectivity index (χ0v) is 18.2. The van der Waals surface area contributed by atoms with Crippen LogP contribution in [0.2, 0.25) is 0 Å². The Balaban J connectivity index is 1.42. The highest BCUT2D eigenvalue weighted by atomic mass is 32.1. The summed E-state index contributed by atoms with van der Waals surface area (Å²) in [5.41, 5.74) is 3.58. The molecule has 4 aromatic rings. The first-order valence-electron chi connectivity index (χ1n) is 9.47. The Morgan fingerprint density at radius 1 is 1.07 bits per heavy atom. The molecule has 0 atom stereocenters. The highest BCUT2D eigenvalue weighted by Gasteiger charge is 2.17. The molecule has 0 radical (unpaired) electrons. The lowest BCUT2D eigenvalue weighted by Gasteiger charge is -2.03. The minimum absolute atomic E-state index is 0.136. The lowest BCUT2D eigenvalue weighted by molar-refractivity contribution is 0.0954. The van der Waals surface area contributed by atoms with Crippen molar-refractivity contribution in [3.05, 3.63) is 69.8 Å². The summed E-state index contributed by atoms with van der Waals surface area (Å²) in [6.45, 7) is 4.82. The van der Waals surface area contributed by atoms with Crippen LogP contribution in [0.4, 0.5) is 0 Å². The average molecular weight is 437 g/mol. The van der Waals surface area contributed by atoms with Crippen molar-refractivity contribution in [3.8, 4) is 27.6 Å². The number of benzene rings is 1. The highest BCUT2D eigenvalue weighted by Crippen LogP contribution is 2.29. The predicted octanol–water partition coefficient (Wildman–Crippen LogP) is 4.97. The maximum atomic E-state index is 12.7. The van der Waals surface area contributed by atoms with Crippen molar-refractivity contribution in [3.63, 3.8) is 0 Å². The molecule has 1 N–H and O–H groups in total. The van der Waals surface area contributed by atoms with Crippen LogP contribution < -0.4 is 10.1 Å². The van der Waals surface area contributed by atoms with E-state index in [-0.39, 0.29) is 5.91 Å². The van der Waals surface area contributed by atoms with Gasteiger partial charge in [0.05, 0.1) is 24.5 Å². The van der Waals surface area contributed by atoms with Gasteiger partial charge in [0, 0.05) is 28.9 Å². The SMILES string of the molecule is CCOc1ccc(-c2nc(C)c(C(=O)NCc3nc(-c4ccncc4)cs3)s2)cc1. The van der Waals surface area contributed by atoms with E-state index in [9.17, 15) is 4.79 Å². The van der Waals surface area contributed by atoms with Gasteiger partial charge in [0.25, 0.3) is 5.91 Å². The van der Waals surface area contributed by atoms with E-state index in [2.05, 4.69) is 20.3 Å². The van der Waals surface area contributed by atoms with Crippen molar-refractivity contribution >= 4 is 28.6 Å². The Labute approximate surface area is 182 Å². The van der Waals surface area contributed by atoms with Gasteiger partial charge in [-0.25, -0.2) is 9.97 Å². The second-order valence-corrected chi connectivity index (χ2v) is 8.38. The molecule has 0 saturated heterocycles. The van der Waals surface area contributed by atoms with Crippen LogP contribution in [0, 0.1) is 6.92 Å². The number of rotatable bonds is 7. The number of carbonyl (C=O) groups is 1. The molecule has 8 heteroatoms. The number of pyridine rings is 1. The minimum Gasteiger partial charge on any atom is -0.494 e. The summed E-state index contributed by atoms with van der Waals surface area (Å²) in [7, 11) is 0. The zero-order chi connectivity index (χ0) is 20.9. The van der Waals surface area contributed by atoms with Crippen molar-refractivity contribution in [1.29, 1.82) is 0 Å².